The highest BCUT2D eigenvalue weighted by atomic mass is 35.5. The van der Waals surface area contributed by atoms with Gasteiger partial charge in [0.25, 0.3) is 0 Å². The fraction of sp³-hybridized carbons (Fsp3) is 0.0714. The van der Waals surface area contributed by atoms with Crippen molar-refractivity contribution in [2.75, 3.05) is 7.11 Å². The molecule has 0 atom stereocenters. The summed E-state index contributed by atoms with van der Waals surface area (Å²) in [5, 5.41) is 9.32. The van der Waals surface area contributed by atoms with Crippen LogP contribution in [0.2, 0.25) is 5.02 Å². The van der Waals surface area contributed by atoms with Crippen molar-refractivity contribution in [2.45, 2.75) is 0 Å². The summed E-state index contributed by atoms with van der Waals surface area (Å²) in [5.74, 6) is -1.27. The molecule has 0 aromatic heterocycles. The molecular weight excluding hydrogens is 271 g/mol. The van der Waals surface area contributed by atoms with Crippen LogP contribution in [0, 0.1) is 5.82 Å². The Hall–Kier alpha value is -2.07. The van der Waals surface area contributed by atoms with Crippen molar-refractivity contribution in [3.63, 3.8) is 0 Å². The van der Waals surface area contributed by atoms with Crippen molar-refractivity contribution in [3.8, 4) is 16.9 Å². The van der Waals surface area contributed by atoms with Gasteiger partial charge in [-0.3, -0.25) is 0 Å². The first kappa shape index (κ1) is 13.4. The minimum Gasteiger partial charge on any atom is -0.497 e. The first-order valence-electron chi connectivity index (χ1n) is 5.39. The third kappa shape index (κ3) is 2.85. The predicted octanol–water partition coefficient (Wildman–Crippen LogP) is 3.85. The highest BCUT2D eigenvalue weighted by Crippen LogP contribution is 2.32. The lowest BCUT2D eigenvalue weighted by Crippen LogP contribution is -1.98. The number of carbonyl (C=O) groups is 1. The summed E-state index contributed by atoms with van der Waals surface area (Å²) in [4.78, 5) is 10.9. The molecule has 0 radical (unpaired) electrons. The number of methoxy groups -OCH3 is 1. The first-order valence-corrected chi connectivity index (χ1v) is 5.77. The fourth-order valence-corrected chi connectivity index (χ4v) is 1.95. The van der Waals surface area contributed by atoms with E-state index in [0.717, 1.165) is 6.07 Å². The molecule has 2 aromatic carbocycles. The van der Waals surface area contributed by atoms with Crippen molar-refractivity contribution in [1.29, 1.82) is 0 Å². The van der Waals surface area contributed by atoms with Gasteiger partial charge in [0, 0.05) is 10.6 Å². The Morgan fingerprint density at radius 3 is 2.63 bits per heavy atom. The van der Waals surface area contributed by atoms with Crippen LogP contribution in [-0.4, -0.2) is 18.2 Å². The summed E-state index contributed by atoms with van der Waals surface area (Å²) in [6.45, 7) is 0. The van der Waals surface area contributed by atoms with Gasteiger partial charge in [-0.2, -0.15) is 0 Å². The average Bonchev–Trinajstić information content (AvgIpc) is 2.38. The van der Waals surface area contributed by atoms with E-state index in [-0.39, 0.29) is 5.56 Å². The Morgan fingerprint density at radius 2 is 2.00 bits per heavy atom. The van der Waals surface area contributed by atoms with Gasteiger partial charge in [-0.05, 0) is 42.0 Å². The van der Waals surface area contributed by atoms with E-state index in [1.165, 1.54) is 19.2 Å². The number of hydrogen-bond donors (Lipinski definition) is 1. The van der Waals surface area contributed by atoms with Crippen LogP contribution in [0.1, 0.15) is 10.4 Å². The summed E-state index contributed by atoms with van der Waals surface area (Å²) >= 11 is 6.05. The number of aromatic carboxylic acids is 1. The molecule has 2 aromatic rings. The van der Waals surface area contributed by atoms with Gasteiger partial charge in [-0.15, -0.1) is 0 Å². The average molecular weight is 281 g/mol. The standard InChI is InChI=1S/C14H10ClFO3/c1-19-11-2-3-13(15)12(7-11)8-4-9(14(17)18)6-10(16)5-8/h2-7H,1H3,(H,17,18). The summed E-state index contributed by atoms with van der Waals surface area (Å²) in [7, 11) is 1.50. The van der Waals surface area contributed by atoms with E-state index < -0.39 is 11.8 Å². The molecule has 0 aliphatic heterocycles. The summed E-state index contributed by atoms with van der Waals surface area (Å²) in [6, 6.07) is 8.46. The highest BCUT2D eigenvalue weighted by Gasteiger charge is 2.11. The molecule has 0 saturated heterocycles. The molecule has 0 spiro atoms. The van der Waals surface area contributed by atoms with Crippen molar-refractivity contribution < 1.29 is 19.0 Å². The van der Waals surface area contributed by atoms with Gasteiger partial charge in [-0.25, -0.2) is 9.18 Å². The molecule has 2 rings (SSSR count). The van der Waals surface area contributed by atoms with Crippen molar-refractivity contribution in [2.24, 2.45) is 0 Å². The van der Waals surface area contributed by atoms with Gasteiger partial charge in [0.15, 0.2) is 0 Å². The minimum absolute atomic E-state index is 0.131. The summed E-state index contributed by atoms with van der Waals surface area (Å²) in [6.07, 6.45) is 0. The third-order valence-corrected chi connectivity index (χ3v) is 2.96. The fourth-order valence-electron chi connectivity index (χ4n) is 1.72. The van der Waals surface area contributed by atoms with E-state index in [9.17, 15) is 9.18 Å². The van der Waals surface area contributed by atoms with Crippen LogP contribution in [0.25, 0.3) is 11.1 Å². The number of hydrogen-bond acceptors (Lipinski definition) is 2. The van der Waals surface area contributed by atoms with Crippen molar-refractivity contribution in [3.05, 3.63) is 52.8 Å². The maximum absolute atomic E-state index is 13.5. The largest absolute Gasteiger partial charge is 0.497 e. The van der Waals surface area contributed by atoms with Crippen LogP contribution in [0.15, 0.2) is 36.4 Å². The molecule has 3 nitrogen and oxygen atoms in total. The number of benzene rings is 2. The highest BCUT2D eigenvalue weighted by molar-refractivity contribution is 6.33. The molecule has 5 heteroatoms. The smallest absolute Gasteiger partial charge is 0.335 e. The van der Waals surface area contributed by atoms with Gasteiger partial charge in [0.05, 0.1) is 12.7 Å². The normalized spacial score (nSPS) is 10.3. The molecular formula is C14H10ClFO3. The van der Waals surface area contributed by atoms with E-state index in [0.29, 0.717) is 21.9 Å². The third-order valence-electron chi connectivity index (χ3n) is 2.63. The molecule has 19 heavy (non-hydrogen) atoms. The van der Waals surface area contributed by atoms with Gasteiger partial charge in [-0.1, -0.05) is 11.6 Å². The second kappa shape index (κ2) is 5.28. The van der Waals surface area contributed by atoms with Crippen molar-refractivity contribution in [1.82, 2.24) is 0 Å². The molecule has 0 heterocycles. The Bertz CT molecular complexity index is 641. The zero-order valence-corrected chi connectivity index (χ0v) is 10.7. The Balaban J connectivity index is 2.61. The van der Waals surface area contributed by atoms with Crippen LogP contribution in [0.4, 0.5) is 4.39 Å². The molecule has 0 fully saturated rings. The van der Waals surface area contributed by atoms with Gasteiger partial charge in [0.2, 0.25) is 0 Å². The van der Waals surface area contributed by atoms with Crippen LogP contribution in [-0.2, 0) is 0 Å². The molecule has 0 unspecified atom stereocenters. The number of carboxylic acid groups (broad SMARTS) is 1. The SMILES string of the molecule is COc1ccc(Cl)c(-c2cc(F)cc(C(=O)O)c2)c1. The van der Waals surface area contributed by atoms with E-state index in [2.05, 4.69) is 0 Å². The van der Waals surface area contributed by atoms with Crippen LogP contribution >= 0.6 is 11.6 Å². The number of carboxylic acids is 1. The second-order valence-corrected chi connectivity index (χ2v) is 4.29. The van der Waals surface area contributed by atoms with E-state index in [1.807, 2.05) is 0 Å². The van der Waals surface area contributed by atoms with Gasteiger partial charge >= 0.3 is 5.97 Å². The molecule has 0 amide bonds. The lowest BCUT2D eigenvalue weighted by Gasteiger charge is -2.08. The Morgan fingerprint density at radius 1 is 1.26 bits per heavy atom. The van der Waals surface area contributed by atoms with Crippen LogP contribution < -0.4 is 4.74 Å². The topological polar surface area (TPSA) is 46.5 Å². The summed E-state index contributed by atoms with van der Waals surface area (Å²) < 4.78 is 18.5. The first-order chi connectivity index (χ1) is 9.01. The lowest BCUT2D eigenvalue weighted by atomic mass is 10.0. The molecule has 0 saturated carbocycles. The number of halogens is 2. The van der Waals surface area contributed by atoms with Crippen LogP contribution in [0.5, 0.6) is 5.75 Å². The molecule has 0 aliphatic rings. The maximum Gasteiger partial charge on any atom is 0.335 e. The van der Waals surface area contributed by atoms with E-state index >= 15 is 0 Å². The molecule has 0 aliphatic carbocycles. The lowest BCUT2D eigenvalue weighted by molar-refractivity contribution is 0.0696. The minimum atomic E-state index is -1.19. The van der Waals surface area contributed by atoms with E-state index in [4.69, 9.17) is 21.4 Å². The van der Waals surface area contributed by atoms with Gasteiger partial charge in [0.1, 0.15) is 11.6 Å². The number of ether oxygens (including phenoxy) is 1. The predicted molar refractivity (Wildman–Crippen MR) is 70.4 cm³/mol. The maximum atomic E-state index is 13.5. The molecule has 0 bridgehead atoms. The number of rotatable bonds is 3. The summed E-state index contributed by atoms with van der Waals surface area (Å²) in [5.41, 5.74) is 0.776. The Kier molecular flexibility index (Phi) is 3.71. The monoisotopic (exact) mass is 280 g/mol. The zero-order valence-electron chi connectivity index (χ0n) is 9.98. The molecule has 1 N–H and O–H groups in total. The van der Waals surface area contributed by atoms with E-state index in [1.54, 1.807) is 18.2 Å². The second-order valence-electron chi connectivity index (χ2n) is 3.88. The Labute approximate surface area is 114 Å². The van der Waals surface area contributed by atoms with Gasteiger partial charge < -0.3 is 9.84 Å². The quantitative estimate of drug-likeness (QED) is 0.929. The molecule has 98 valence electrons. The zero-order chi connectivity index (χ0) is 14.0. The van der Waals surface area contributed by atoms with Crippen LogP contribution in [0.3, 0.4) is 0 Å². The van der Waals surface area contributed by atoms with Crippen molar-refractivity contribution >= 4 is 17.6 Å².